The van der Waals surface area contributed by atoms with Crippen LogP contribution in [0.4, 0.5) is 0 Å². The van der Waals surface area contributed by atoms with E-state index in [-0.39, 0.29) is 11.7 Å². The second kappa shape index (κ2) is 8.38. The third-order valence-corrected chi connectivity index (χ3v) is 4.77. The van der Waals surface area contributed by atoms with E-state index >= 15 is 0 Å². The Bertz CT molecular complexity index is 909. The van der Waals surface area contributed by atoms with E-state index < -0.39 is 0 Å². The Morgan fingerprint density at radius 1 is 1.19 bits per heavy atom. The molecule has 0 spiro atoms. The molecule has 0 fully saturated rings. The maximum Gasteiger partial charge on any atom is 0.316 e. The molecule has 1 heterocycles. The van der Waals surface area contributed by atoms with Gasteiger partial charge >= 0.3 is 5.97 Å². The summed E-state index contributed by atoms with van der Waals surface area (Å²) in [5.41, 5.74) is 2.96. The van der Waals surface area contributed by atoms with E-state index in [1.807, 2.05) is 54.0 Å². The summed E-state index contributed by atoms with van der Waals surface area (Å²) in [5, 5.41) is 9.92. The van der Waals surface area contributed by atoms with Crippen molar-refractivity contribution in [2.75, 3.05) is 12.4 Å². The van der Waals surface area contributed by atoms with Crippen LogP contribution in [0.15, 0.2) is 53.7 Å². The molecule has 0 amide bonds. The minimum absolute atomic E-state index is 0.179. The minimum Gasteiger partial charge on any atom is -0.465 e. The lowest BCUT2D eigenvalue weighted by Crippen LogP contribution is -2.08. The first-order valence-electron chi connectivity index (χ1n) is 8.15. The molecule has 7 heteroatoms. The zero-order valence-corrected chi connectivity index (χ0v) is 16.0. The van der Waals surface area contributed by atoms with E-state index in [0.29, 0.717) is 22.6 Å². The summed E-state index contributed by atoms with van der Waals surface area (Å²) in [7, 11) is 0. The van der Waals surface area contributed by atoms with Gasteiger partial charge in [-0.15, -0.1) is 10.2 Å². The maximum absolute atomic E-state index is 11.7. The Balaban J connectivity index is 2.02. The average Bonchev–Trinajstić information content (AvgIpc) is 3.05. The molecule has 0 unspecified atom stereocenters. The van der Waals surface area contributed by atoms with Crippen LogP contribution in [-0.4, -0.2) is 33.1 Å². The molecule has 2 aromatic carbocycles. The number of hydrogen-bond acceptors (Lipinski definition) is 5. The lowest BCUT2D eigenvalue weighted by atomic mass is 10.2. The molecule has 0 saturated heterocycles. The van der Waals surface area contributed by atoms with Crippen molar-refractivity contribution in [3.8, 4) is 17.1 Å². The number of carbonyl (C=O) groups is 1. The SMILES string of the molecule is CCOC(=O)CSc1nnc(-c2ccc(Cl)cc2)n1-c1cccc(C)c1. The number of benzene rings is 2. The van der Waals surface area contributed by atoms with Crippen LogP contribution in [0.3, 0.4) is 0 Å². The molecule has 0 aliphatic carbocycles. The molecular formula is C19H18ClN3O2S. The van der Waals surface area contributed by atoms with E-state index in [2.05, 4.69) is 16.3 Å². The summed E-state index contributed by atoms with van der Waals surface area (Å²) >= 11 is 7.30. The predicted octanol–water partition coefficient (Wildman–Crippen LogP) is 4.55. The number of thioether (sulfide) groups is 1. The van der Waals surface area contributed by atoms with Crippen molar-refractivity contribution in [1.82, 2.24) is 14.8 Å². The second-order valence-electron chi connectivity index (χ2n) is 5.58. The number of hydrogen-bond donors (Lipinski definition) is 0. The molecule has 0 aliphatic rings. The van der Waals surface area contributed by atoms with Crippen molar-refractivity contribution in [3.63, 3.8) is 0 Å². The smallest absolute Gasteiger partial charge is 0.316 e. The van der Waals surface area contributed by atoms with Crippen LogP contribution < -0.4 is 0 Å². The average molecular weight is 388 g/mol. The molecular weight excluding hydrogens is 370 g/mol. The molecule has 0 aliphatic heterocycles. The van der Waals surface area contributed by atoms with Crippen molar-refractivity contribution < 1.29 is 9.53 Å². The Morgan fingerprint density at radius 3 is 2.65 bits per heavy atom. The van der Waals surface area contributed by atoms with E-state index in [4.69, 9.17) is 16.3 Å². The number of esters is 1. The second-order valence-corrected chi connectivity index (χ2v) is 6.96. The van der Waals surface area contributed by atoms with E-state index in [1.54, 1.807) is 6.92 Å². The number of aryl methyl sites for hydroxylation is 1. The number of rotatable bonds is 6. The summed E-state index contributed by atoms with van der Waals surface area (Å²) in [4.78, 5) is 11.7. The highest BCUT2D eigenvalue weighted by molar-refractivity contribution is 7.99. The zero-order valence-electron chi connectivity index (χ0n) is 14.5. The molecule has 0 N–H and O–H groups in total. The van der Waals surface area contributed by atoms with E-state index in [0.717, 1.165) is 16.8 Å². The largest absolute Gasteiger partial charge is 0.465 e. The fourth-order valence-corrected chi connectivity index (χ4v) is 3.35. The molecule has 3 rings (SSSR count). The van der Waals surface area contributed by atoms with E-state index in [1.165, 1.54) is 11.8 Å². The summed E-state index contributed by atoms with van der Waals surface area (Å²) in [5.74, 6) is 0.598. The lowest BCUT2D eigenvalue weighted by molar-refractivity contribution is -0.139. The van der Waals surface area contributed by atoms with Crippen molar-refractivity contribution >= 4 is 29.3 Å². The lowest BCUT2D eigenvalue weighted by Gasteiger charge is -2.11. The van der Waals surface area contributed by atoms with Gasteiger partial charge in [-0.05, 0) is 55.8 Å². The monoisotopic (exact) mass is 387 g/mol. The van der Waals surface area contributed by atoms with Crippen molar-refractivity contribution in [2.24, 2.45) is 0 Å². The number of aromatic nitrogens is 3. The van der Waals surface area contributed by atoms with Gasteiger partial charge in [-0.1, -0.05) is 35.5 Å². The first kappa shape index (κ1) is 18.5. The quantitative estimate of drug-likeness (QED) is 0.458. The first-order valence-corrected chi connectivity index (χ1v) is 9.51. The Hall–Kier alpha value is -2.31. The molecule has 0 saturated carbocycles. The van der Waals surface area contributed by atoms with Crippen LogP contribution in [0, 0.1) is 6.92 Å². The van der Waals surface area contributed by atoms with Gasteiger partial charge in [0.2, 0.25) is 0 Å². The van der Waals surface area contributed by atoms with Crippen molar-refractivity contribution in [1.29, 1.82) is 0 Å². The maximum atomic E-state index is 11.7. The van der Waals surface area contributed by atoms with Gasteiger partial charge in [-0.25, -0.2) is 0 Å². The highest BCUT2D eigenvalue weighted by Gasteiger charge is 2.17. The normalized spacial score (nSPS) is 10.7. The molecule has 0 radical (unpaired) electrons. The first-order chi connectivity index (χ1) is 12.6. The molecule has 26 heavy (non-hydrogen) atoms. The van der Waals surface area contributed by atoms with Gasteiger partial charge in [0.25, 0.3) is 0 Å². The van der Waals surface area contributed by atoms with Crippen LogP contribution >= 0.6 is 23.4 Å². The summed E-state index contributed by atoms with van der Waals surface area (Å²) in [6.45, 7) is 4.18. The fourth-order valence-electron chi connectivity index (χ4n) is 2.48. The van der Waals surface area contributed by atoms with Gasteiger partial charge in [0, 0.05) is 16.3 Å². The zero-order chi connectivity index (χ0) is 18.5. The molecule has 0 bridgehead atoms. The summed E-state index contributed by atoms with van der Waals surface area (Å²) < 4.78 is 6.95. The number of carbonyl (C=O) groups excluding carboxylic acids is 1. The fraction of sp³-hybridized carbons (Fsp3) is 0.211. The standard InChI is InChI=1S/C19H18ClN3O2S/c1-3-25-17(24)12-26-19-22-21-18(14-7-9-15(20)10-8-14)23(19)16-6-4-5-13(2)11-16/h4-11H,3,12H2,1-2H3. The Labute approximate surface area is 161 Å². The number of ether oxygens (including phenoxy) is 1. The number of nitrogens with zero attached hydrogens (tertiary/aromatic N) is 3. The summed E-state index contributed by atoms with van der Waals surface area (Å²) in [6.07, 6.45) is 0. The van der Waals surface area contributed by atoms with E-state index in [9.17, 15) is 4.79 Å². The molecule has 0 atom stereocenters. The minimum atomic E-state index is -0.274. The van der Waals surface area contributed by atoms with Crippen molar-refractivity contribution in [2.45, 2.75) is 19.0 Å². The highest BCUT2D eigenvalue weighted by Crippen LogP contribution is 2.29. The third-order valence-electron chi connectivity index (χ3n) is 3.62. The van der Waals surface area contributed by atoms with Crippen LogP contribution in [0.1, 0.15) is 12.5 Å². The van der Waals surface area contributed by atoms with Gasteiger partial charge in [0.15, 0.2) is 11.0 Å². The molecule has 1 aromatic heterocycles. The predicted molar refractivity (Wildman–Crippen MR) is 104 cm³/mol. The highest BCUT2D eigenvalue weighted by atomic mass is 35.5. The van der Waals surface area contributed by atoms with Crippen LogP contribution in [0.5, 0.6) is 0 Å². The van der Waals surface area contributed by atoms with Crippen LogP contribution in [-0.2, 0) is 9.53 Å². The molecule has 3 aromatic rings. The van der Waals surface area contributed by atoms with Gasteiger partial charge in [0.1, 0.15) is 0 Å². The van der Waals surface area contributed by atoms with Crippen molar-refractivity contribution in [3.05, 3.63) is 59.1 Å². The van der Waals surface area contributed by atoms with Gasteiger partial charge in [-0.2, -0.15) is 0 Å². The number of halogens is 1. The Morgan fingerprint density at radius 2 is 1.96 bits per heavy atom. The molecule has 5 nitrogen and oxygen atoms in total. The van der Waals surface area contributed by atoms with Crippen LogP contribution in [0.2, 0.25) is 5.02 Å². The van der Waals surface area contributed by atoms with Crippen LogP contribution in [0.25, 0.3) is 17.1 Å². The molecule has 134 valence electrons. The topological polar surface area (TPSA) is 57.0 Å². The van der Waals surface area contributed by atoms with Gasteiger partial charge in [0.05, 0.1) is 12.4 Å². The Kier molecular flexibility index (Phi) is 5.96. The summed E-state index contributed by atoms with van der Waals surface area (Å²) in [6, 6.07) is 15.5. The van der Waals surface area contributed by atoms with Gasteiger partial charge < -0.3 is 4.74 Å². The van der Waals surface area contributed by atoms with Gasteiger partial charge in [-0.3, -0.25) is 9.36 Å². The third kappa shape index (κ3) is 4.26.